The minimum absolute atomic E-state index is 0.127. The van der Waals surface area contributed by atoms with Crippen molar-refractivity contribution in [2.75, 3.05) is 13.1 Å². The number of aliphatic hydroxyl groups is 1. The first-order valence-corrected chi connectivity index (χ1v) is 9.49. The van der Waals surface area contributed by atoms with Crippen LogP contribution in [-0.2, 0) is 13.0 Å². The molecule has 1 fully saturated rings. The van der Waals surface area contributed by atoms with Gasteiger partial charge in [0.1, 0.15) is 0 Å². The largest absolute Gasteiger partial charge is 0.392 e. The summed E-state index contributed by atoms with van der Waals surface area (Å²) in [5, 5.41) is 18.7. The molecule has 2 N–H and O–H groups in total. The van der Waals surface area contributed by atoms with Crippen molar-refractivity contribution < 1.29 is 9.63 Å². The van der Waals surface area contributed by atoms with Gasteiger partial charge in [0.2, 0.25) is 0 Å². The fraction of sp³-hybridized carbons (Fsp3) is 0.364. The van der Waals surface area contributed by atoms with E-state index in [1.807, 2.05) is 30.3 Å². The Kier molecular flexibility index (Phi) is 5.19. The summed E-state index contributed by atoms with van der Waals surface area (Å²) in [7, 11) is 0. The van der Waals surface area contributed by atoms with Gasteiger partial charge in [-0.25, -0.2) is 4.85 Å². The number of hydrogen-bond donors (Lipinski definition) is 2. The Labute approximate surface area is 158 Å². The second-order valence-electron chi connectivity index (χ2n) is 7.15. The van der Waals surface area contributed by atoms with Crippen molar-refractivity contribution in [3.8, 4) is 11.1 Å². The van der Waals surface area contributed by atoms with E-state index in [2.05, 4.69) is 15.3 Å². The molecule has 0 aliphatic carbocycles. The maximum absolute atomic E-state index is 9.99. The molecule has 4 rings (SSSR count). The fourth-order valence-electron chi connectivity index (χ4n) is 3.97. The maximum atomic E-state index is 9.99. The third-order valence-electron chi connectivity index (χ3n) is 5.51. The second kappa shape index (κ2) is 7.91. The summed E-state index contributed by atoms with van der Waals surface area (Å²) in [5.74, 6) is 0.742. The molecular weight excluding hydrogens is 338 g/mol. The summed E-state index contributed by atoms with van der Waals surface area (Å²) in [6.07, 6.45) is 4.46. The first-order chi connectivity index (χ1) is 13.3. The number of benzene rings is 2. The molecule has 1 aliphatic rings. The number of nitrogens with one attached hydrogen (secondary N) is 1. The highest BCUT2D eigenvalue weighted by Crippen LogP contribution is 2.34. The number of fused-ring (bicyclic) bond motifs is 1. The van der Waals surface area contributed by atoms with Gasteiger partial charge >= 0.3 is 0 Å². The predicted molar refractivity (Wildman–Crippen MR) is 106 cm³/mol. The highest BCUT2D eigenvalue weighted by Gasteiger charge is 2.18. The van der Waals surface area contributed by atoms with Gasteiger partial charge in [0.15, 0.2) is 11.3 Å². The summed E-state index contributed by atoms with van der Waals surface area (Å²) >= 11 is 0. The van der Waals surface area contributed by atoms with Crippen LogP contribution in [0.5, 0.6) is 0 Å². The molecule has 0 saturated carbocycles. The normalized spacial score (nSPS) is 15.1. The second-order valence-corrected chi connectivity index (χ2v) is 7.15. The number of hydrogen-bond acceptors (Lipinski definition) is 4. The van der Waals surface area contributed by atoms with E-state index in [9.17, 15) is 5.11 Å². The maximum Gasteiger partial charge on any atom is 0.187 e. The Morgan fingerprint density at radius 1 is 1.22 bits per heavy atom. The lowest BCUT2D eigenvalue weighted by Crippen LogP contribution is -2.27. The van der Waals surface area contributed by atoms with Crippen LogP contribution < -0.4 is 5.32 Å². The molecule has 27 heavy (non-hydrogen) atoms. The zero-order valence-corrected chi connectivity index (χ0v) is 15.2. The fourth-order valence-corrected chi connectivity index (χ4v) is 3.97. The molecule has 138 valence electrons. The molecule has 5 heteroatoms. The summed E-state index contributed by atoms with van der Waals surface area (Å²) in [6, 6.07) is 11.5. The summed E-state index contributed by atoms with van der Waals surface area (Å²) in [4.78, 5) is 3.49. The number of rotatable bonds is 5. The summed E-state index contributed by atoms with van der Waals surface area (Å²) in [5.41, 5.74) is 4.73. The molecule has 0 radical (unpaired) electrons. The van der Waals surface area contributed by atoms with E-state index in [1.165, 1.54) is 12.8 Å². The van der Waals surface area contributed by atoms with E-state index >= 15 is 0 Å². The highest BCUT2D eigenvalue weighted by atomic mass is 16.5. The van der Waals surface area contributed by atoms with E-state index in [4.69, 9.17) is 11.1 Å². The van der Waals surface area contributed by atoms with E-state index in [0.29, 0.717) is 11.3 Å². The lowest BCUT2D eigenvalue weighted by molar-refractivity contribution is 0.281. The molecule has 0 unspecified atom stereocenters. The summed E-state index contributed by atoms with van der Waals surface area (Å²) < 4.78 is 5.65. The van der Waals surface area contributed by atoms with E-state index < -0.39 is 0 Å². The van der Waals surface area contributed by atoms with Crippen LogP contribution in [0.1, 0.15) is 30.5 Å². The van der Waals surface area contributed by atoms with Gasteiger partial charge in [-0.1, -0.05) is 29.4 Å². The van der Waals surface area contributed by atoms with Crippen molar-refractivity contribution >= 4 is 16.7 Å². The average molecular weight is 361 g/mol. The van der Waals surface area contributed by atoms with Crippen LogP contribution in [0.15, 0.2) is 40.9 Å². The lowest BCUT2D eigenvalue weighted by atomic mass is 9.91. The van der Waals surface area contributed by atoms with Crippen LogP contribution >= 0.6 is 0 Å². The van der Waals surface area contributed by atoms with Crippen LogP contribution in [0.2, 0.25) is 0 Å². The first kappa shape index (κ1) is 17.7. The molecule has 0 amide bonds. The number of nitrogens with zero attached hydrogens (tertiary/aromatic N) is 2. The predicted octanol–water partition coefficient (Wildman–Crippen LogP) is 4.47. The van der Waals surface area contributed by atoms with Crippen molar-refractivity contribution in [3.63, 3.8) is 0 Å². The van der Waals surface area contributed by atoms with Gasteiger partial charge in [-0.15, -0.1) is 0 Å². The average Bonchev–Trinajstić information content (AvgIpc) is 3.15. The highest BCUT2D eigenvalue weighted by molar-refractivity contribution is 5.89. The summed E-state index contributed by atoms with van der Waals surface area (Å²) in [6.45, 7) is 9.29. The monoisotopic (exact) mass is 361 g/mol. The van der Waals surface area contributed by atoms with E-state index in [-0.39, 0.29) is 6.61 Å². The minimum atomic E-state index is -0.127. The number of piperidine rings is 1. The van der Waals surface area contributed by atoms with Crippen LogP contribution in [0, 0.1) is 12.5 Å². The van der Waals surface area contributed by atoms with Gasteiger partial charge in [0.25, 0.3) is 0 Å². The SMILES string of the molecule is [C-]#[N+]c1cccc(-c2ccc3c(CCC4CCNCC4)noc3c2CO)c1. The molecule has 3 aromatic rings. The Balaban J connectivity index is 1.65. The van der Waals surface area contributed by atoms with Crippen molar-refractivity contribution in [3.05, 3.63) is 59.1 Å². The van der Waals surface area contributed by atoms with Gasteiger partial charge in [0.05, 0.1) is 18.9 Å². The molecular formula is C22H23N3O2. The van der Waals surface area contributed by atoms with Gasteiger partial charge < -0.3 is 14.9 Å². The molecule has 0 atom stereocenters. The molecule has 2 heterocycles. The molecule has 1 saturated heterocycles. The number of aliphatic hydroxyl groups excluding tert-OH is 1. The number of aryl methyl sites for hydroxylation is 1. The zero-order chi connectivity index (χ0) is 18.6. The van der Waals surface area contributed by atoms with Gasteiger partial charge in [0, 0.05) is 10.9 Å². The molecule has 0 bridgehead atoms. The molecule has 0 spiro atoms. The van der Waals surface area contributed by atoms with Crippen LogP contribution in [-0.4, -0.2) is 23.4 Å². The Bertz CT molecular complexity index is 981. The zero-order valence-electron chi connectivity index (χ0n) is 15.2. The van der Waals surface area contributed by atoms with Gasteiger partial charge in [-0.05, 0) is 68.0 Å². The third-order valence-corrected chi connectivity index (χ3v) is 5.51. The minimum Gasteiger partial charge on any atom is -0.392 e. The Morgan fingerprint density at radius 2 is 2.07 bits per heavy atom. The Morgan fingerprint density at radius 3 is 2.85 bits per heavy atom. The van der Waals surface area contributed by atoms with Gasteiger partial charge in [-0.3, -0.25) is 0 Å². The van der Waals surface area contributed by atoms with Crippen molar-refractivity contribution in [1.82, 2.24) is 10.5 Å². The van der Waals surface area contributed by atoms with Crippen molar-refractivity contribution in [2.24, 2.45) is 5.92 Å². The first-order valence-electron chi connectivity index (χ1n) is 9.49. The van der Waals surface area contributed by atoms with Crippen LogP contribution in [0.3, 0.4) is 0 Å². The van der Waals surface area contributed by atoms with E-state index in [0.717, 1.165) is 59.6 Å². The Hall–Kier alpha value is -2.68. The van der Waals surface area contributed by atoms with Crippen LogP contribution in [0.4, 0.5) is 5.69 Å². The standard InChI is InChI=1S/C22H23N3O2/c1-23-17-4-2-3-16(13-17)18-6-7-19-21(25-27-22(19)20(18)14-26)8-5-15-9-11-24-12-10-15/h2-4,6-7,13,15,24,26H,5,8-12,14H2. The smallest absolute Gasteiger partial charge is 0.187 e. The lowest BCUT2D eigenvalue weighted by Gasteiger charge is -2.21. The topological polar surface area (TPSA) is 62.7 Å². The third kappa shape index (κ3) is 3.59. The van der Waals surface area contributed by atoms with Crippen molar-refractivity contribution in [1.29, 1.82) is 0 Å². The molecule has 1 aromatic heterocycles. The van der Waals surface area contributed by atoms with Crippen molar-refractivity contribution in [2.45, 2.75) is 32.3 Å². The van der Waals surface area contributed by atoms with Crippen LogP contribution in [0.25, 0.3) is 26.9 Å². The quantitative estimate of drug-likeness (QED) is 0.658. The molecule has 2 aromatic carbocycles. The van der Waals surface area contributed by atoms with Gasteiger partial charge in [-0.2, -0.15) is 0 Å². The number of aromatic nitrogens is 1. The molecule has 5 nitrogen and oxygen atoms in total. The van der Waals surface area contributed by atoms with E-state index in [1.54, 1.807) is 6.07 Å². The molecule has 1 aliphatic heterocycles.